The largest absolute Gasteiger partial charge is 0.508 e. The van der Waals surface area contributed by atoms with Gasteiger partial charge in [0.25, 0.3) is 0 Å². The predicted molar refractivity (Wildman–Crippen MR) is 115 cm³/mol. The van der Waals surface area contributed by atoms with Crippen molar-refractivity contribution < 1.29 is 19.8 Å². The minimum atomic E-state index is -0.176. The fourth-order valence-electron chi connectivity index (χ4n) is 2.60. The van der Waals surface area contributed by atoms with Crippen molar-refractivity contribution in [2.75, 3.05) is 0 Å². The predicted octanol–water partition coefficient (Wildman–Crippen LogP) is 3.04. The summed E-state index contributed by atoms with van der Waals surface area (Å²) in [4.78, 5) is 23.5. The lowest BCUT2D eigenvalue weighted by Gasteiger charge is -2.02. The average molecular weight is 410 g/mol. The Morgan fingerprint density at radius 2 is 1.17 bits per heavy atom. The molecule has 0 radical (unpaired) electrons. The van der Waals surface area contributed by atoms with Crippen LogP contribution in [0.4, 0.5) is 0 Å². The van der Waals surface area contributed by atoms with Gasteiger partial charge in [-0.3, -0.25) is 9.59 Å². The van der Waals surface area contributed by atoms with Gasteiger partial charge < -0.3 is 10.2 Å². The molecule has 30 heavy (non-hydrogen) atoms. The summed E-state index contributed by atoms with van der Waals surface area (Å²) in [5, 5.41) is 26.4. The maximum atomic E-state index is 11.7. The Balaban J connectivity index is 1.50. The van der Waals surface area contributed by atoms with E-state index < -0.39 is 0 Å². The molecule has 158 valence electrons. The quantitative estimate of drug-likeness (QED) is 0.258. The number of carbonyl (C=O) groups is 2. The van der Waals surface area contributed by atoms with Gasteiger partial charge in [0.1, 0.15) is 11.5 Å². The molecule has 4 N–H and O–H groups in total. The van der Waals surface area contributed by atoms with Crippen LogP contribution in [0.3, 0.4) is 0 Å². The lowest BCUT2D eigenvalue weighted by Crippen LogP contribution is -2.17. The third kappa shape index (κ3) is 9.50. The summed E-state index contributed by atoms with van der Waals surface area (Å²) < 4.78 is 0. The second-order valence-corrected chi connectivity index (χ2v) is 6.69. The molecule has 8 nitrogen and oxygen atoms in total. The molecule has 2 aromatic carbocycles. The van der Waals surface area contributed by atoms with Crippen LogP contribution in [0.5, 0.6) is 11.5 Å². The van der Waals surface area contributed by atoms with E-state index in [1.165, 1.54) is 12.4 Å². The Hall–Kier alpha value is -3.68. The van der Waals surface area contributed by atoms with E-state index >= 15 is 0 Å². The summed E-state index contributed by atoms with van der Waals surface area (Å²) in [7, 11) is 0. The summed E-state index contributed by atoms with van der Waals surface area (Å²) in [6.07, 6.45) is 6.76. The SMILES string of the molecule is O=C(CCCCCCC(=O)NN=Cc1cccc(O)c1)NN=Cc1cccc(O)c1. The fraction of sp³-hybridized carbons (Fsp3) is 0.273. The second-order valence-electron chi connectivity index (χ2n) is 6.69. The molecule has 0 unspecified atom stereocenters. The number of phenols is 2. The van der Waals surface area contributed by atoms with Crippen molar-refractivity contribution in [2.45, 2.75) is 38.5 Å². The number of carbonyl (C=O) groups excluding carboxylic acids is 2. The molecule has 0 heterocycles. The topological polar surface area (TPSA) is 123 Å². The van der Waals surface area contributed by atoms with Gasteiger partial charge in [-0.1, -0.05) is 37.1 Å². The molecule has 0 aliphatic heterocycles. The molecule has 0 bridgehead atoms. The van der Waals surface area contributed by atoms with Gasteiger partial charge in [-0.05, 0) is 48.2 Å². The Kier molecular flexibility index (Phi) is 9.58. The van der Waals surface area contributed by atoms with E-state index in [1.807, 2.05) is 0 Å². The molecule has 0 fully saturated rings. The summed E-state index contributed by atoms with van der Waals surface area (Å²) >= 11 is 0. The molecule has 0 saturated heterocycles. The number of hydrazone groups is 2. The molecular formula is C22H26N4O4. The van der Waals surface area contributed by atoms with Crippen molar-refractivity contribution in [2.24, 2.45) is 10.2 Å². The van der Waals surface area contributed by atoms with Gasteiger partial charge in [-0.2, -0.15) is 10.2 Å². The molecule has 2 aromatic rings. The number of hydrogen-bond donors (Lipinski definition) is 4. The Bertz CT molecular complexity index is 823. The van der Waals surface area contributed by atoms with Crippen LogP contribution in [0.25, 0.3) is 0 Å². The molecule has 0 saturated carbocycles. The van der Waals surface area contributed by atoms with Crippen LogP contribution in [-0.2, 0) is 9.59 Å². The number of unbranched alkanes of at least 4 members (excludes halogenated alkanes) is 3. The highest BCUT2D eigenvalue weighted by atomic mass is 16.3. The van der Waals surface area contributed by atoms with Gasteiger partial charge >= 0.3 is 0 Å². The molecular weight excluding hydrogens is 384 g/mol. The number of rotatable bonds is 11. The maximum absolute atomic E-state index is 11.7. The van der Waals surface area contributed by atoms with Gasteiger partial charge in [-0.25, -0.2) is 10.9 Å². The number of nitrogens with one attached hydrogen (secondary N) is 2. The molecule has 0 atom stereocenters. The van der Waals surface area contributed by atoms with Gasteiger partial charge in [-0.15, -0.1) is 0 Å². The average Bonchev–Trinajstić information content (AvgIpc) is 2.71. The van der Waals surface area contributed by atoms with Crippen molar-refractivity contribution in [1.82, 2.24) is 10.9 Å². The fourth-order valence-corrected chi connectivity index (χ4v) is 2.60. The van der Waals surface area contributed by atoms with Crippen molar-refractivity contribution >= 4 is 24.2 Å². The third-order valence-electron chi connectivity index (χ3n) is 4.10. The van der Waals surface area contributed by atoms with Crippen LogP contribution in [-0.4, -0.2) is 34.5 Å². The van der Waals surface area contributed by atoms with Gasteiger partial charge in [0, 0.05) is 12.8 Å². The first-order valence-corrected chi connectivity index (χ1v) is 9.75. The molecule has 0 aromatic heterocycles. The first kappa shape index (κ1) is 22.6. The summed E-state index contributed by atoms with van der Waals surface area (Å²) in [6, 6.07) is 13.1. The minimum absolute atomic E-state index is 0.141. The minimum Gasteiger partial charge on any atom is -0.508 e. The smallest absolute Gasteiger partial charge is 0.240 e. The molecule has 8 heteroatoms. The summed E-state index contributed by atoms with van der Waals surface area (Å²) in [6.45, 7) is 0. The number of phenolic OH excluding ortho intramolecular Hbond substituents is 2. The number of nitrogens with zero attached hydrogens (tertiary/aromatic N) is 2. The number of aromatic hydroxyl groups is 2. The summed E-state index contributed by atoms with van der Waals surface area (Å²) in [5.41, 5.74) is 6.29. The van der Waals surface area contributed by atoms with E-state index in [2.05, 4.69) is 21.1 Å². The monoisotopic (exact) mass is 410 g/mol. The molecule has 0 spiro atoms. The van der Waals surface area contributed by atoms with E-state index in [1.54, 1.807) is 48.5 Å². The van der Waals surface area contributed by atoms with Crippen LogP contribution in [0.1, 0.15) is 49.7 Å². The van der Waals surface area contributed by atoms with E-state index in [0.29, 0.717) is 36.8 Å². The van der Waals surface area contributed by atoms with Crippen LogP contribution >= 0.6 is 0 Å². The van der Waals surface area contributed by atoms with Crippen LogP contribution in [0.15, 0.2) is 58.7 Å². The molecule has 2 rings (SSSR count). The van der Waals surface area contributed by atoms with E-state index in [4.69, 9.17) is 0 Å². The standard InChI is InChI=1S/C22H26N4O4/c27-19-9-5-7-17(13-19)15-23-25-21(29)11-3-1-2-4-12-22(30)26-24-16-18-8-6-10-20(28)14-18/h5-10,13-16,27-28H,1-4,11-12H2,(H,25,29)(H,26,30). The summed E-state index contributed by atoms with van der Waals surface area (Å²) in [5.74, 6) is -0.0691. The normalized spacial score (nSPS) is 11.1. The first-order chi connectivity index (χ1) is 14.5. The van der Waals surface area contributed by atoms with E-state index in [-0.39, 0.29) is 23.3 Å². The first-order valence-electron chi connectivity index (χ1n) is 9.75. The Labute approximate surface area is 175 Å². The van der Waals surface area contributed by atoms with Crippen molar-refractivity contribution in [3.05, 3.63) is 59.7 Å². The lowest BCUT2D eigenvalue weighted by atomic mass is 10.1. The van der Waals surface area contributed by atoms with Crippen LogP contribution < -0.4 is 10.9 Å². The highest BCUT2D eigenvalue weighted by Gasteiger charge is 2.02. The van der Waals surface area contributed by atoms with Gasteiger partial charge in [0.15, 0.2) is 0 Å². The number of amides is 2. The zero-order chi connectivity index (χ0) is 21.6. The van der Waals surface area contributed by atoms with E-state index in [9.17, 15) is 19.8 Å². The highest BCUT2D eigenvalue weighted by Crippen LogP contribution is 2.10. The highest BCUT2D eigenvalue weighted by molar-refractivity contribution is 5.83. The maximum Gasteiger partial charge on any atom is 0.240 e. The molecule has 0 aliphatic carbocycles. The van der Waals surface area contributed by atoms with Crippen LogP contribution in [0, 0.1) is 0 Å². The Morgan fingerprint density at radius 3 is 1.57 bits per heavy atom. The zero-order valence-electron chi connectivity index (χ0n) is 16.6. The molecule has 2 amide bonds. The lowest BCUT2D eigenvalue weighted by molar-refractivity contribution is -0.122. The number of benzene rings is 2. The van der Waals surface area contributed by atoms with Crippen molar-refractivity contribution in [3.63, 3.8) is 0 Å². The molecule has 0 aliphatic rings. The second kappa shape index (κ2) is 12.7. The van der Waals surface area contributed by atoms with Crippen LogP contribution in [0.2, 0.25) is 0 Å². The van der Waals surface area contributed by atoms with Crippen molar-refractivity contribution in [3.8, 4) is 11.5 Å². The number of hydrogen-bond acceptors (Lipinski definition) is 6. The van der Waals surface area contributed by atoms with Gasteiger partial charge in [0.2, 0.25) is 11.8 Å². The van der Waals surface area contributed by atoms with Crippen molar-refractivity contribution in [1.29, 1.82) is 0 Å². The zero-order valence-corrected chi connectivity index (χ0v) is 16.6. The van der Waals surface area contributed by atoms with E-state index in [0.717, 1.165) is 12.8 Å². The van der Waals surface area contributed by atoms with Gasteiger partial charge in [0.05, 0.1) is 12.4 Å². The third-order valence-corrected chi connectivity index (χ3v) is 4.10. The Morgan fingerprint density at radius 1 is 0.733 bits per heavy atom.